The van der Waals surface area contributed by atoms with Crippen molar-refractivity contribution in [2.24, 2.45) is 50.2 Å². The van der Waals surface area contributed by atoms with Crippen molar-refractivity contribution in [1.82, 2.24) is 0 Å². The van der Waals surface area contributed by atoms with Crippen LogP contribution in [0.5, 0.6) is 0 Å². The van der Waals surface area contributed by atoms with Gasteiger partial charge in [-0.1, -0.05) is 53.2 Å². The van der Waals surface area contributed by atoms with Crippen LogP contribution in [0.1, 0.15) is 99.3 Å². The number of fused-ring (bicyclic) bond motifs is 7. The zero-order valence-electron chi connectivity index (χ0n) is 34.2. The normalized spacial score (nSPS) is 54.7. The molecule has 0 aromatic carbocycles. The Balaban J connectivity index is 1.19. The number of aliphatic carboxylic acids is 1. The van der Waals surface area contributed by atoms with Gasteiger partial charge in [0.1, 0.15) is 48.8 Å². The highest BCUT2D eigenvalue weighted by Crippen LogP contribution is 2.76. The van der Waals surface area contributed by atoms with Crippen LogP contribution in [0.3, 0.4) is 0 Å². The van der Waals surface area contributed by atoms with Crippen LogP contribution in [-0.2, 0) is 23.7 Å². The first kappa shape index (κ1) is 43.8. The summed E-state index contributed by atoms with van der Waals surface area (Å²) >= 11 is 0. The van der Waals surface area contributed by atoms with E-state index in [2.05, 4.69) is 26.8 Å². The Kier molecular flexibility index (Phi) is 11.5. The van der Waals surface area contributed by atoms with Gasteiger partial charge in [-0.05, 0) is 97.2 Å². The van der Waals surface area contributed by atoms with Gasteiger partial charge in [-0.3, -0.25) is 4.79 Å². The van der Waals surface area contributed by atoms with Crippen molar-refractivity contribution in [2.75, 3.05) is 19.8 Å². The first-order valence-electron chi connectivity index (χ1n) is 21.1. The predicted octanol–water partition coefficient (Wildman–Crippen LogP) is 0.825. The van der Waals surface area contributed by atoms with Crippen molar-refractivity contribution in [3.63, 3.8) is 0 Å². The first-order chi connectivity index (χ1) is 26.6. The lowest BCUT2D eigenvalue weighted by Gasteiger charge is -2.71. The van der Waals surface area contributed by atoms with Gasteiger partial charge in [-0.25, -0.2) is 0 Å². The van der Waals surface area contributed by atoms with Crippen LogP contribution in [0, 0.1) is 50.2 Å². The zero-order chi connectivity index (χ0) is 41.8. The molecule has 0 aromatic heterocycles. The largest absolute Gasteiger partial charge is 0.481 e. The summed E-state index contributed by atoms with van der Waals surface area (Å²) in [6.45, 7) is 11.7. The lowest BCUT2D eigenvalue weighted by molar-refractivity contribution is -0.377. The van der Waals surface area contributed by atoms with E-state index in [0.29, 0.717) is 25.7 Å². The second kappa shape index (κ2) is 14.9. The number of aliphatic hydroxyl groups is 9. The summed E-state index contributed by atoms with van der Waals surface area (Å²) in [5.74, 6) is -0.797. The third-order valence-electron chi connectivity index (χ3n) is 17.6. The molecule has 0 amide bonds. The number of allylic oxidation sites excluding steroid dienone is 2. The van der Waals surface area contributed by atoms with Gasteiger partial charge < -0.3 is 70.0 Å². The molecule has 0 aromatic rings. The summed E-state index contributed by atoms with van der Waals surface area (Å²) in [4.78, 5) is 13.7. The molecule has 326 valence electrons. The number of carbonyl (C=O) groups is 1. The van der Waals surface area contributed by atoms with E-state index in [9.17, 15) is 55.9 Å². The molecule has 20 unspecified atom stereocenters. The second-order valence-corrected chi connectivity index (χ2v) is 20.6. The van der Waals surface area contributed by atoms with Crippen LogP contribution in [-0.4, -0.2) is 150 Å². The number of carboxylic acids is 1. The number of hydrogen-bond acceptors (Lipinski definition) is 14. The SMILES string of the molecule is CC1(C)CC2C3=CCC4C5(C)CCC(O)C(C)(CO)C5CCC4(C)C3(C)CCC2(C(=O)O)CC1OC1OC(CO)C(O)C(O)C1OC1OC(CO)C(O)C(O)C1O. The third-order valence-corrected chi connectivity index (χ3v) is 17.6. The molecule has 2 aliphatic heterocycles. The van der Waals surface area contributed by atoms with Crippen LogP contribution < -0.4 is 0 Å². The average molecular weight is 813 g/mol. The third kappa shape index (κ3) is 6.35. The van der Waals surface area contributed by atoms with Crippen LogP contribution in [0.4, 0.5) is 0 Å². The molecule has 10 N–H and O–H groups in total. The molecule has 0 spiro atoms. The van der Waals surface area contributed by atoms with E-state index in [4.69, 9.17) is 18.9 Å². The van der Waals surface area contributed by atoms with E-state index >= 15 is 0 Å². The maximum atomic E-state index is 13.7. The standard InChI is InChI=1S/C42H68O15/c1-37(2)15-21-20-7-8-25-38(3)11-10-26(46)39(4,19-45)24(38)9-12-41(25,6)40(20,5)13-14-42(21,36(52)53)16-27(37)56-35-33(31(50)29(48)23(18-44)55-35)57-34-32(51)30(49)28(47)22(17-43)54-34/h7,21-35,43-51H,8-19H2,1-6H3,(H,52,53). The van der Waals surface area contributed by atoms with Gasteiger partial charge in [-0.2, -0.15) is 0 Å². The predicted molar refractivity (Wildman–Crippen MR) is 201 cm³/mol. The maximum Gasteiger partial charge on any atom is 0.310 e. The van der Waals surface area contributed by atoms with Crippen molar-refractivity contribution in [1.29, 1.82) is 0 Å². The molecule has 20 atom stereocenters. The monoisotopic (exact) mass is 812 g/mol. The molecule has 5 aliphatic carbocycles. The van der Waals surface area contributed by atoms with E-state index in [1.54, 1.807) is 0 Å². The summed E-state index contributed by atoms with van der Waals surface area (Å²) in [6, 6.07) is 0. The van der Waals surface area contributed by atoms with Gasteiger partial charge in [0.15, 0.2) is 12.6 Å². The second-order valence-electron chi connectivity index (χ2n) is 20.6. The Labute approximate surface area is 335 Å². The minimum atomic E-state index is -1.83. The summed E-state index contributed by atoms with van der Waals surface area (Å²) in [5, 5.41) is 106. The molecule has 2 heterocycles. The van der Waals surface area contributed by atoms with Crippen LogP contribution in [0.15, 0.2) is 11.6 Å². The molecule has 0 bridgehead atoms. The molecule has 2 saturated heterocycles. The number of hydrogen-bond donors (Lipinski definition) is 10. The zero-order valence-corrected chi connectivity index (χ0v) is 34.2. The van der Waals surface area contributed by atoms with Crippen molar-refractivity contribution in [2.45, 2.75) is 173 Å². The van der Waals surface area contributed by atoms with Gasteiger partial charge >= 0.3 is 5.97 Å². The molecule has 6 fully saturated rings. The van der Waals surface area contributed by atoms with Crippen molar-refractivity contribution in [3.8, 4) is 0 Å². The first-order valence-corrected chi connectivity index (χ1v) is 21.1. The Hall–Kier alpha value is -1.31. The van der Waals surface area contributed by atoms with Gasteiger partial charge in [0.25, 0.3) is 0 Å². The topological polar surface area (TPSA) is 256 Å². The highest BCUT2D eigenvalue weighted by molar-refractivity contribution is 5.77. The molecule has 15 nitrogen and oxygen atoms in total. The van der Waals surface area contributed by atoms with Gasteiger partial charge in [0.2, 0.25) is 0 Å². The van der Waals surface area contributed by atoms with Gasteiger partial charge in [-0.15, -0.1) is 0 Å². The Morgan fingerprint density at radius 2 is 1.37 bits per heavy atom. The van der Waals surface area contributed by atoms with Crippen LogP contribution >= 0.6 is 0 Å². The molecule has 4 saturated carbocycles. The van der Waals surface area contributed by atoms with Crippen LogP contribution in [0.2, 0.25) is 0 Å². The number of rotatable bonds is 8. The summed E-state index contributed by atoms with van der Waals surface area (Å²) in [5.41, 5.74) is -1.84. The Morgan fingerprint density at radius 1 is 0.737 bits per heavy atom. The molecule has 0 radical (unpaired) electrons. The summed E-state index contributed by atoms with van der Waals surface area (Å²) < 4.78 is 24.1. The molecule has 7 rings (SSSR count). The van der Waals surface area contributed by atoms with E-state index in [1.165, 1.54) is 5.57 Å². The number of carboxylic acid groups (broad SMARTS) is 1. The summed E-state index contributed by atoms with van der Waals surface area (Å²) in [6.07, 6.45) is -9.42. The lowest BCUT2D eigenvalue weighted by atomic mass is 9.33. The average Bonchev–Trinajstić information content (AvgIpc) is 3.16. The molecular weight excluding hydrogens is 744 g/mol. The molecule has 7 aliphatic rings. The molecular formula is C42H68O15. The quantitative estimate of drug-likeness (QED) is 0.120. The number of ether oxygens (including phenoxy) is 4. The minimum absolute atomic E-state index is 0.0650. The Bertz CT molecular complexity index is 1540. The van der Waals surface area contributed by atoms with Crippen LogP contribution in [0.25, 0.3) is 0 Å². The highest BCUT2D eigenvalue weighted by atomic mass is 16.8. The number of aliphatic hydroxyl groups excluding tert-OH is 9. The summed E-state index contributed by atoms with van der Waals surface area (Å²) in [7, 11) is 0. The molecule has 57 heavy (non-hydrogen) atoms. The van der Waals surface area contributed by atoms with E-state index in [-0.39, 0.29) is 47.0 Å². The fraction of sp³-hybridized carbons (Fsp3) is 0.929. The van der Waals surface area contributed by atoms with Crippen molar-refractivity contribution in [3.05, 3.63) is 11.6 Å². The smallest absolute Gasteiger partial charge is 0.310 e. The fourth-order valence-electron chi connectivity index (χ4n) is 13.7. The van der Waals surface area contributed by atoms with Crippen molar-refractivity contribution < 1.29 is 74.8 Å². The maximum absolute atomic E-state index is 13.7. The van der Waals surface area contributed by atoms with Gasteiger partial charge in [0, 0.05) is 5.41 Å². The fourth-order valence-corrected chi connectivity index (χ4v) is 13.7. The molecule has 15 heteroatoms. The van der Waals surface area contributed by atoms with E-state index in [1.807, 2.05) is 20.8 Å². The van der Waals surface area contributed by atoms with Gasteiger partial charge in [0.05, 0.1) is 37.4 Å². The van der Waals surface area contributed by atoms with Crippen molar-refractivity contribution >= 4 is 5.97 Å². The van der Waals surface area contributed by atoms with E-state index < -0.39 is 109 Å². The van der Waals surface area contributed by atoms with E-state index in [0.717, 1.165) is 25.7 Å². The minimum Gasteiger partial charge on any atom is -0.481 e. The lowest BCUT2D eigenvalue weighted by Crippen LogP contribution is -2.67. The Morgan fingerprint density at radius 3 is 1.98 bits per heavy atom. The highest BCUT2D eigenvalue weighted by Gasteiger charge is 2.70.